The highest BCUT2D eigenvalue weighted by Gasteiger charge is 2.43. The summed E-state index contributed by atoms with van der Waals surface area (Å²) in [4.78, 5) is 1.10. The minimum absolute atomic E-state index is 0.296. The van der Waals surface area contributed by atoms with E-state index in [9.17, 15) is 9.50 Å². The normalized spacial score (nSPS) is 32.4. The van der Waals surface area contributed by atoms with Crippen LogP contribution in [-0.4, -0.2) is 30.9 Å². The number of piperidine rings is 1. The van der Waals surface area contributed by atoms with Gasteiger partial charge in [0.2, 0.25) is 0 Å². The highest BCUT2D eigenvalue weighted by Crippen LogP contribution is 2.31. The predicted molar refractivity (Wildman–Crippen MR) is 66.4 cm³/mol. The molecule has 100 valence electrons. The summed E-state index contributed by atoms with van der Waals surface area (Å²) >= 11 is 0. The molecule has 1 aliphatic heterocycles. The van der Waals surface area contributed by atoms with Crippen molar-refractivity contribution in [3.8, 4) is 0 Å². The van der Waals surface area contributed by atoms with Crippen LogP contribution in [0.1, 0.15) is 18.9 Å². The molecular weight excluding hydrogens is 233 g/mol. The molecule has 0 radical (unpaired) electrons. The zero-order valence-corrected chi connectivity index (χ0v) is 10.7. The minimum atomic E-state index is -1.04. The van der Waals surface area contributed by atoms with Crippen molar-refractivity contribution in [2.45, 2.75) is 25.0 Å². The Bertz CT molecular complexity index is 395. The van der Waals surface area contributed by atoms with Crippen molar-refractivity contribution in [2.24, 2.45) is 0 Å². The molecule has 3 unspecified atom stereocenters. The van der Waals surface area contributed by atoms with E-state index in [4.69, 9.17) is 4.74 Å². The smallest absolute Gasteiger partial charge is 0.137 e. The molecule has 3 nitrogen and oxygen atoms in total. The molecule has 0 spiro atoms. The maximum Gasteiger partial charge on any atom is 0.137 e. The van der Waals surface area contributed by atoms with E-state index in [2.05, 4.69) is 7.05 Å². The Balaban J connectivity index is 2.28. The van der Waals surface area contributed by atoms with Gasteiger partial charge < -0.3 is 14.7 Å². The fourth-order valence-corrected chi connectivity index (χ4v) is 2.53. The van der Waals surface area contributed by atoms with E-state index in [1.165, 1.54) is 12.1 Å². The highest BCUT2D eigenvalue weighted by molar-refractivity contribution is 5.25. The predicted octanol–water partition coefficient (Wildman–Crippen LogP) is 0.499. The first-order chi connectivity index (χ1) is 8.56. The zero-order chi connectivity index (χ0) is 13.2. The second-order valence-electron chi connectivity index (χ2n) is 4.83. The molecule has 4 heteroatoms. The average Bonchev–Trinajstić information content (AvgIpc) is 2.35. The molecule has 1 aromatic carbocycles. The Hall–Kier alpha value is -0.970. The van der Waals surface area contributed by atoms with Crippen molar-refractivity contribution in [3.05, 3.63) is 42.7 Å². The van der Waals surface area contributed by atoms with Gasteiger partial charge in [0.15, 0.2) is 0 Å². The van der Waals surface area contributed by atoms with Gasteiger partial charge in [-0.2, -0.15) is 7.05 Å². The van der Waals surface area contributed by atoms with Gasteiger partial charge >= 0.3 is 0 Å². The molecule has 0 saturated carbocycles. The number of benzene rings is 1. The lowest BCUT2D eigenvalue weighted by Crippen LogP contribution is -3.10. The van der Waals surface area contributed by atoms with Crippen LogP contribution in [0.5, 0.6) is 0 Å². The van der Waals surface area contributed by atoms with Gasteiger partial charge in [-0.1, -0.05) is 12.1 Å². The molecule has 2 rings (SSSR count). The summed E-state index contributed by atoms with van der Waals surface area (Å²) in [5.74, 6) is -0.296. The third-order valence-corrected chi connectivity index (χ3v) is 3.58. The summed E-state index contributed by atoms with van der Waals surface area (Å²) < 4.78 is 18.6. The van der Waals surface area contributed by atoms with Gasteiger partial charge in [0.1, 0.15) is 17.5 Å². The van der Waals surface area contributed by atoms with Gasteiger partial charge in [-0.05, 0) is 24.6 Å². The molecule has 1 aliphatic rings. The lowest BCUT2D eigenvalue weighted by atomic mass is 9.82. The van der Waals surface area contributed by atoms with Gasteiger partial charge in [-0.25, -0.2) is 4.39 Å². The fourth-order valence-electron chi connectivity index (χ4n) is 2.53. The third kappa shape index (κ3) is 2.55. The molecule has 0 aliphatic carbocycles. The number of quaternary nitrogens is 1. The number of hydrogen-bond donors (Lipinski definition) is 2. The summed E-state index contributed by atoms with van der Waals surface area (Å²) in [6.07, 6.45) is 0.275. The van der Waals surface area contributed by atoms with E-state index < -0.39 is 5.60 Å². The van der Waals surface area contributed by atoms with Crippen molar-refractivity contribution in [1.82, 2.24) is 0 Å². The number of hydrogen-bond acceptors (Lipinski definition) is 2. The van der Waals surface area contributed by atoms with Gasteiger partial charge in [0.25, 0.3) is 0 Å². The van der Waals surface area contributed by atoms with Crippen molar-refractivity contribution in [1.29, 1.82) is 0 Å². The first-order valence-electron chi connectivity index (χ1n) is 6.33. The Morgan fingerprint density at radius 3 is 2.78 bits per heavy atom. The summed E-state index contributed by atoms with van der Waals surface area (Å²) in [6, 6.07) is 6.02. The molecule has 1 fully saturated rings. The second-order valence-corrected chi connectivity index (χ2v) is 4.83. The molecule has 3 atom stereocenters. The number of halogens is 1. The maximum absolute atomic E-state index is 13.0. The highest BCUT2D eigenvalue weighted by atomic mass is 19.1. The molecule has 18 heavy (non-hydrogen) atoms. The van der Waals surface area contributed by atoms with Crippen molar-refractivity contribution >= 4 is 0 Å². The SMILES string of the molecule is [CH2-][NH+]1CCC(O)(c2ccc(F)cc2)C(OCC)C1. The first-order valence-corrected chi connectivity index (χ1v) is 6.33. The molecule has 1 saturated heterocycles. The molecule has 0 bridgehead atoms. The summed E-state index contributed by atoms with van der Waals surface area (Å²) in [6.45, 7) is 3.88. The van der Waals surface area contributed by atoms with Crippen LogP contribution in [0.25, 0.3) is 0 Å². The second kappa shape index (κ2) is 5.34. The Morgan fingerprint density at radius 1 is 1.50 bits per heavy atom. The number of ether oxygens (including phenoxy) is 1. The monoisotopic (exact) mass is 253 g/mol. The fraction of sp³-hybridized carbons (Fsp3) is 0.500. The van der Waals surface area contributed by atoms with E-state index in [0.717, 1.165) is 17.0 Å². The van der Waals surface area contributed by atoms with Crippen LogP contribution in [0, 0.1) is 12.9 Å². The number of aliphatic hydroxyl groups is 1. The molecule has 0 amide bonds. The summed E-state index contributed by atoms with van der Waals surface area (Å²) in [5, 5.41) is 10.9. The van der Waals surface area contributed by atoms with Gasteiger partial charge in [0, 0.05) is 13.0 Å². The van der Waals surface area contributed by atoms with Crippen LogP contribution in [0.2, 0.25) is 0 Å². The number of rotatable bonds is 3. The molecule has 0 aromatic heterocycles. The summed E-state index contributed by atoms with van der Waals surface area (Å²) in [7, 11) is 3.97. The Morgan fingerprint density at radius 2 is 2.17 bits per heavy atom. The van der Waals surface area contributed by atoms with Crippen LogP contribution >= 0.6 is 0 Å². The Labute approximate surface area is 107 Å². The zero-order valence-electron chi connectivity index (χ0n) is 10.7. The third-order valence-electron chi connectivity index (χ3n) is 3.58. The van der Waals surface area contributed by atoms with E-state index >= 15 is 0 Å². The van der Waals surface area contributed by atoms with Gasteiger partial charge in [-0.15, -0.1) is 0 Å². The van der Waals surface area contributed by atoms with E-state index in [0.29, 0.717) is 19.6 Å². The molecule has 1 heterocycles. The number of nitrogens with one attached hydrogen (secondary N) is 1. The number of likely N-dealkylation sites (tertiary alicyclic amines) is 1. The standard InChI is InChI=1S/C14H20FNO2/c1-3-18-13-10-16(2)9-8-14(13,17)11-4-6-12(15)7-5-11/h4-7,13,16-17H,2-3,8-10H2,1H3. The molecular formula is C14H20FNO2. The summed E-state index contributed by atoms with van der Waals surface area (Å²) in [5.41, 5.74) is -0.319. The van der Waals surface area contributed by atoms with E-state index in [1.807, 2.05) is 6.92 Å². The minimum Gasteiger partial charge on any atom is -0.465 e. The maximum atomic E-state index is 13.0. The molecule has 1 aromatic rings. The Kier molecular flexibility index (Phi) is 4.00. The van der Waals surface area contributed by atoms with Crippen LogP contribution < -0.4 is 4.90 Å². The van der Waals surface area contributed by atoms with Crippen LogP contribution in [0.15, 0.2) is 24.3 Å². The topological polar surface area (TPSA) is 33.9 Å². The van der Waals surface area contributed by atoms with Crippen LogP contribution in [0.3, 0.4) is 0 Å². The van der Waals surface area contributed by atoms with Gasteiger partial charge in [-0.3, -0.25) is 0 Å². The molecule has 2 N–H and O–H groups in total. The lowest BCUT2D eigenvalue weighted by molar-refractivity contribution is -0.867. The van der Waals surface area contributed by atoms with Crippen LogP contribution in [-0.2, 0) is 10.3 Å². The van der Waals surface area contributed by atoms with Crippen molar-refractivity contribution in [2.75, 3.05) is 19.7 Å². The van der Waals surface area contributed by atoms with E-state index in [1.54, 1.807) is 12.1 Å². The van der Waals surface area contributed by atoms with E-state index in [-0.39, 0.29) is 11.9 Å². The lowest BCUT2D eigenvalue weighted by Gasteiger charge is -2.43. The first kappa shape index (κ1) is 13.5. The van der Waals surface area contributed by atoms with Crippen LogP contribution in [0.4, 0.5) is 4.39 Å². The van der Waals surface area contributed by atoms with Crippen molar-refractivity contribution in [3.63, 3.8) is 0 Å². The quantitative estimate of drug-likeness (QED) is 0.769. The average molecular weight is 253 g/mol. The largest absolute Gasteiger partial charge is 0.465 e. The van der Waals surface area contributed by atoms with Gasteiger partial charge in [0.05, 0.1) is 13.1 Å². The van der Waals surface area contributed by atoms with Crippen molar-refractivity contribution < 1.29 is 19.1 Å².